The van der Waals surface area contributed by atoms with E-state index in [0.29, 0.717) is 17.3 Å². The van der Waals surface area contributed by atoms with Crippen molar-refractivity contribution in [3.05, 3.63) is 89.7 Å². The second kappa shape index (κ2) is 9.15. The summed E-state index contributed by atoms with van der Waals surface area (Å²) in [6.07, 6.45) is 7.95. The predicted octanol–water partition coefficient (Wildman–Crippen LogP) is 6.12. The van der Waals surface area contributed by atoms with E-state index >= 15 is 0 Å². The fourth-order valence-electron chi connectivity index (χ4n) is 4.73. The zero-order valence-electron chi connectivity index (χ0n) is 18.4. The van der Waals surface area contributed by atoms with Crippen LogP contribution in [-0.4, -0.2) is 21.8 Å². The van der Waals surface area contributed by atoms with Gasteiger partial charge in [0.05, 0.1) is 5.56 Å². The first-order chi connectivity index (χ1) is 15.7. The number of anilines is 2. The third kappa shape index (κ3) is 4.27. The van der Waals surface area contributed by atoms with Crippen LogP contribution in [-0.2, 0) is 11.3 Å². The molecular formula is C27H29N3O2. The zero-order valence-corrected chi connectivity index (χ0v) is 18.4. The summed E-state index contributed by atoms with van der Waals surface area (Å²) in [5.41, 5.74) is 5.25. The minimum Gasteiger partial charge on any atom is -0.364 e. The van der Waals surface area contributed by atoms with Crippen molar-refractivity contribution in [3.63, 3.8) is 0 Å². The molecule has 1 aliphatic carbocycles. The molecule has 32 heavy (non-hydrogen) atoms. The molecule has 1 saturated carbocycles. The van der Waals surface area contributed by atoms with E-state index < -0.39 is 6.29 Å². The largest absolute Gasteiger partial charge is 0.364 e. The summed E-state index contributed by atoms with van der Waals surface area (Å²) in [5.74, 6) is 1.16. The lowest BCUT2D eigenvalue weighted by molar-refractivity contribution is -0.0766. The SMILES string of the molecule is CO[C@H](O)c1cc(C2CCCC2)cnc1Nc1ccc2c(ccn2Cc2ccccc2)c1. The second-order valence-electron chi connectivity index (χ2n) is 8.60. The number of hydrogen-bond donors (Lipinski definition) is 2. The number of rotatable bonds is 7. The molecule has 1 aliphatic rings. The highest BCUT2D eigenvalue weighted by Crippen LogP contribution is 2.36. The Morgan fingerprint density at radius 3 is 2.69 bits per heavy atom. The van der Waals surface area contributed by atoms with Gasteiger partial charge in [0.1, 0.15) is 5.82 Å². The molecule has 1 atom stereocenters. The monoisotopic (exact) mass is 427 g/mol. The maximum atomic E-state index is 10.5. The maximum absolute atomic E-state index is 10.5. The van der Waals surface area contributed by atoms with E-state index in [1.165, 1.54) is 49.4 Å². The van der Waals surface area contributed by atoms with Crippen molar-refractivity contribution in [2.24, 2.45) is 0 Å². The molecule has 5 heteroatoms. The zero-order chi connectivity index (χ0) is 21.9. The van der Waals surface area contributed by atoms with E-state index in [1.807, 2.05) is 18.3 Å². The number of pyridine rings is 1. The Morgan fingerprint density at radius 1 is 1.09 bits per heavy atom. The van der Waals surface area contributed by atoms with Crippen LogP contribution in [0, 0.1) is 0 Å². The molecular weight excluding hydrogens is 398 g/mol. The molecule has 2 N–H and O–H groups in total. The van der Waals surface area contributed by atoms with Crippen molar-refractivity contribution in [3.8, 4) is 0 Å². The highest BCUT2D eigenvalue weighted by Gasteiger charge is 2.21. The number of hydrogen-bond acceptors (Lipinski definition) is 4. The molecule has 0 amide bonds. The van der Waals surface area contributed by atoms with Gasteiger partial charge < -0.3 is 19.7 Å². The van der Waals surface area contributed by atoms with E-state index in [2.05, 4.69) is 69.6 Å². The van der Waals surface area contributed by atoms with Crippen LogP contribution >= 0.6 is 0 Å². The Bertz CT molecular complexity index is 1200. The van der Waals surface area contributed by atoms with Gasteiger partial charge in [0, 0.05) is 42.6 Å². The van der Waals surface area contributed by atoms with Gasteiger partial charge in [0.15, 0.2) is 6.29 Å². The molecule has 2 heterocycles. The topological polar surface area (TPSA) is 59.3 Å². The number of ether oxygens (including phenoxy) is 1. The molecule has 2 aromatic heterocycles. The molecule has 0 bridgehead atoms. The number of nitrogens with one attached hydrogen (secondary N) is 1. The summed E-state index contributed by atoms with van der Waals surface area (Å²) in [6.45, 7) is 0.839. The van der Waals surface area contributed by atoms with Gasteiger partial charge in [0.2, 0.25) is 0 Å². The Kier molecular flexibility index (Phi) is 5.93. The minimum atomic E-state index is -1.01. The number of methoxy groups -OCH3 is 1. The minimum absolute atomic E-state index is 0.528. The van der Waals surface area contributed by atoms with Crippen molar-refractivity contribution in [1.82, 2.24) is 9.55 Å². The van der Waals surface area contributed by atoms with E-state index in [-0.39, 0.29) is 0 Å². The number of aromatic nitrogens is 2. The number of fused-ring (bicyclic) bond motifs is 1. The second-order valence-corrected chi connectivity index (χ2v) is 8.60. The number of aliphatic hydroxyl groups excluding tert-OH is 1. The number of aliphatic hydroxyl groups is 1. The van der Waals surface area contributed by atoms with Crippen molar-refractivity contribution in [1.29, 1.82) is 0 Å². The Labute approximate surface area is 188 Å². The van der Waals surface area contributed by atoms with Gasteiger partial charge in [-0.3, -0.25) is 0 Å². The van der Waals surface area contributed by atoms with Gasteiger partial charge in [-0.15, -0.1) is 0 Å². The van der Waals surface area contributed by atoms with Gasteiger partial charge in [-0.1, -0.05) is 43.2 Å². The first-order valence-corrected chi connectivity index (χ1v) is 11.3. The number of benzene rings is 2. The van der Waals surface area contributed by atoms with Gasteiger partial charge in [-0.2, -0.15) is 0 Å². The van der Waals surface area contributed by atoms with Crippen LogP contribution < -0.4 is 5.32 Å². The van der Waals surface area contributed by atoms with E-state index in [0.717, 1.165) is 17.6 Å². The van der Waals surface area contributed by atoms with Crippen LogP contribution in [0.4, 0.5) is 11.5 Å². The number of nitrogens with zero attached hydrogens (tertiary/aromatic N) is 2. The Hall–Kier alpha value is -3.15. The third-order valence-corrected chi connectivity index (χ3v) is 6.48. The fraction of sp³-hybridized carbons (Fsp3) is 0.296. The van der Waals surface area contributed by atoms with Crippen LogP contribution in [0.5, 0.6) is 0 Å². The Morgan fingerprint density at radius 2 is 1.91 bits per heavy atom. The predicted molar refractivity (Wildman–Crippen MR) is 128 cm³/mol. The molecule has 4 aromatic rings. The van der Waals surface area contributed by atoms with E-state index in [4.69, 9.17) is 4.74 Å². The van der Waals surface area contributed by atoms with Crippen molar-refractivity contribution in [2.45, 2.75) is 44.4 Å². The average Bonchev–Trinajstić information content (AvgIpc) is 3.50. The molecule has 0 spiro atoms. The van der Waals surface area contributed by atoms with Gasteiger partial charge >= 0.3 is 0 Å². The quantitative estimate of drug-likeness (QED) is 0.349. The lowest BCUT2D eigenvalue weighted by Gasteiger charge is -2.18. The van der Waals surface area contributed by atoms with Crippen LogP contribution in [0.15, 0.2) is 73.1 Å². The summed E-state index contributed by atoms with van der Waals surface area (Å²) in [7, 11) is 1.51. The van der Waals surface area contributed by atoms with Crippen LogP contribution in [0.1, 0.15) is 54.6 Å². The van der Waals surface area contributed by atoms with Crippen LogP contribution in [0.3, 0.4) is 0 Å². The molecule has 5 nitrogen and oxygen atoms in total. The lowest BCUT2D eigenvalue weighted by atomic mass is 9.98. The molecule has 0 aliphatic heterocycles. The highest BCUT2D eigenvalue weighted by atomic mass is 16.6. The Balaban J connectivity index is 1.41. The van der Waals surface area contributed by atoms with Gasteiger partial charge in [-0.25, -0.2) is 4.98 Å². The molecule has 0 unspecified atom stereocenters. The van der Waals surface area contributed by atoms with Gasteiger partial charge in [0.25, 0.3) is 0 Å². The lowest BCUT2D eigenvalue weighted by Crippen LogP contribution is -2.08. The van der Waals surface area contributed by atoms with Gasteiger partial charge in [-0.05, 0) is 60.2 Å². The molecule has 164 valence electrons. The summed E-state index contributed by atoms with van der Waals surface area (Å²) < 4.78 is 7.49. The highest BCUT2D eigenvalue weighted by molar-refractivity contribution is 5.84. The van der Waals surface area contributed by atoms with Crippen molar-refractivity contribution < 1.29 is 9.84 Å². The van der Waals surface area contributed by atoms with E-state index in [9.17, 15) is 5.11 Å². The van der Waals surface area contributed by atoms with Crippen LogP contribution in [0.2, 0.25) is 0 Å². The summed E-state index contributed by atoms with van der Waals surface area (Å²) >= 11 is 0. The molecule has 1 fully saturated rings. The average molecular weight is 428 g/mol. The van der Waals surface area contributed by atoms with Crippen molar-refractivity contribution in [2.75, 3.05) is 12.4 Å². The molecule has 2 aromatic carbocycles. The van der Waals surface area contributed by atoms with Crippen molar-refractivity contribution >= 4 is 22.4 Å². The summed E-state index contributed by atoms with van der Waals surface area (Å²) in [6, 6.07) is 20.9. The van der Waals surface area contributed by atoms with E-state index in [1.54, 1.807) is 0 Å². The molecule has 0 radical (unpaired) electrons. The standard InChI is InChI=1S/C27H29N3O2/c1-32-27(31)24-16-22(20-9-5-6-10-20)17-28-26(24)29-23-11-12-25-21(15-23)13-14-30(25)18-19-7-3-2-4-8-19/h2-4,7-8,11-17,20,27,31H,5-6,9-10,18H2,1H3,(H,28,29)/t27-/m0/s1. The summed E-state index contributed by atoms with van der Waals surface area (Å²) in [5, 5.41) is 15.0. The summed E-state index contributed by atoms with van der Waals surface area (Å²) in [4.78, 5) is 4.67. The smallest absolute Gasteiger partial charge is 0.184 e. The molecule has 5 rings (SSSR count). The third-order valence-electron chi connectivity index (χ3n) is 6.48. The maximum Gasteiger partial charge on any atom is 0.184 e. The normalized spacial score (nSPS) is 15.3. The van der Waals surface area contributed by atoms with Crippen LogP contribution in [0.25, 0.3) is 10.9 Å². The first kappa shape index (κ1) is 20.7. The first-order valence-electron chi connectivity index (χ1n) is 11.3. The fourth-order valence-corrected chi connectivity index (χ4v) is 4.73. The molecule has 0 saturated heterocycles.